The van der Waals surface area contributed by atoms with Gasteiger partial charge >= 0.3 is 11.9 Å². The summed E-state index contributed by atoms with van der Waals surface area (Å²) in [6.07, 6.45) is 1.96. The minimum Gasteiger partial charge on any atom is -0.465 e. The highest BCUT2D eigenvalue weighted by Gasteiger charge is 2.20. The number of carbonyl (C=O) groups is 2. The number of pyridine rings is 1. The van der Waals surface area contributed by atoms with E-state index in [1.807, 2.05) is 18.2 Å². The Hall–Kier alpha value is -2.69. The molecule has 0 aliphatic heterocycles. The third-order valence-electron chi connectivity index (χ3n) is 3.49. The molecule has 5 nitrogen and oxygen atoms in total. The number of rotatable bonds is 6. The first-order valence-corrected chi connectivity index (χ1v) is 7.81. The van der Waals surface area contributed by atoms with Gasteiger partial charge in [0.2, 0.25) is 0 Å². The lowest BCUT2D eigenvalue weighted by Crippen LogP contribution is -2.15. The fraction of sp³-hybridized carbons (Fsp3) is 0.316. The fourth-order valence-electron chi connectivity index (χ4n) is 2.28. The lowest BCUT2D eigenvalue weighted by atomic mass is 10.0. The largest absolute Gasteiger partial charge is 0.465 e. The van der Waals surface area contributed by atoms with Crippen molar-refractivity contribution in [2.75, 3.05) is 7.11 Å². The predicted molar refractivity (Wildman–Crippen MR) is 89.6 cm³/mol. The second-order valence-electron chi connectivity index (χ2n) is 5.85. The molecular weight excluding hydrogens is 306 g/mol. The molecule has 1 aromatic carbocycles. The molecule has 24 heavy (non-hydrogen) atoms. The molecule has 0 saturated carbocycles. The number of ether oxygens (including phenoxy) is 2. The van der Waals surface area contributed by atoms with Crippen LogP contribution in [0.2, 0.25) is 0 Å². The first-order valence-electron chi connectivity index (χ1n) is 7.81. The molecule has 5 heteroatoms. The Morgan fingerprint density at radius 2 is 1.62 bits per heavy atom. The van der Waals surface area contributed by atoms with Crippen LogP contribution >= 0.6 is 0 Å². The van der Waals surface area contributed by atoms with Crippen LogP contribution in [0.4, 0.5) is 0 Å². The van der Waals surface area contributed by atoms with Gasteiger partial charge in [-0.2, -0.15) is 0 Å². The summed E-state index contributed by atoms with van der Waals surface area (Å²) in [5.74, 6) is -0.532. The number of methoxy groups -OCH3 is 1. The van der Waals surface area contributed by atoms with Gasteiger partial charge in [0.25, 0.3) is 0 Å². The molecule has 1 atom stereocenters. The normalized spacial score (nSPS) is 11.8. The van der Waals surface area contributed by atoms with Crippen molar-refractivity contribution in [2.45, 2.75) is 26.4 Å². The minimum absolute atomic E-state index is 0.353. The van der Waals surface area contributed by atoms with Crippen molar-refractivity contribution in [3.63, 3.8) is 0 Å². The van der Waals surface area contributed by atoms with Crippen molar-refractivity contribution in [3.8, 4) is 0 Å². The zero-order chi connectivity index (χ0) is 17.5. The molecule has 1 heterocycles. The van der Waals surface area contributed by atoms with Gasteiger partial charge in [-0.1, -0.05) is 19.9 Å². The zero-order valence-corrected chi connectivity index (χ0v) is 14.1. The van der Waals surface area contributed by atoms with E-state index in [0.717, 1.165) is 5.69 Å². The van der Waals surface area contributed by atoms with E-state index in [9.17, 15) is 9.59 Å². The van der Waals surface area contributed by atoms with Crippen LogP contribution in [0.3, 0.4) is 0 Å². The van der Waals surface area contributed by atoms with Gasteiger partial charge < -0.3 is 9.47 Å². The van der Waals surface area contributed by atoms with Crippen molar-refractivity contribution >= 4 is 11.9 Å². The number of esters is 2. The summed E-state index contributed by atoms with van der Waals surface area (Å²) >= 11 is 0. The molecule has 0 aliphatic rings. The molecule has 0 N–H and O–H groups in total. The molecule has 2 rings (SSSR count). The molecule has 0 saturated heterocycles. The number of nitrogens with zero attached hydrogens (tertiary/aromatic N) is 1. The Morgan fingerprint density at radius 3 is 2.12 bits per heavy atom. The Labute approximate surface area is 141 Å². The van der Waals surface area contributed by atoms with Crippen LogP contribution in [-0.4, -0.2) is 24.0 Å². The van der Waals surface area contributed by atoms with E-state index in [2.05, 4.69) is 23.6 Å². The molecule has 0 fully saturated rings. The number of aromatic nitrogens is 1. The van der Waals surface area contributed by atoms with E-state index in [4.69, 9.17) is 4.74 Å². The maximum absolute atomic E-state index is 12.4. The van der Waals surface area contributed by atoms with E-state index in [1.165, 1.54) is 7.11 Å². The highest BCUT2D eigenvalue weighted by Crippen LogP contribution is 2.25. The van der Waals surface area contributed by atoms with Gasteiger partial charge in [0, 0.05) is 6.20 Å². The molecule has 0 unspecified atom stereocenters. The van der Waals surface area contributed by atoms with E-state index in [-0.39, 0.29) is 0 Å². The summed E-state index contributed by atoms with van der Waals surface area (Å²) in [6.45, 7) is 4.13. The number of hydrogen-bond donors (Lipinski definition) is 0. The van der Waals surface area contributed by atoms with Crippen LogP contribution in [0, 0.1) is 5.92 Å². The lowest BCUT2D eigenvalue weighted by molar-refractivity contribution is 0.0236. The summed E-state index contributed by atoms with van der Waals surface area (Å²) in [4.78, 5) is 28.1. The number of carbonyl (C=O) groups excluding carboxylic acids is 2. The second-order valence-corrected chi connectivity index (χ2v) is 5.85. The Bertz CT molecular complexity index is 680. The van der Waals surface area contributed by atoms with E-state index >= 15 is 0 Å². The molecule has 0 spiro atoms. The van der Waals surface area contributed by atoms with Crippen LogP contribution in [0.15, 0.2) is 48.7 Å². The van der Waals surface area contributed by atoms with Crippen molar-refractivity contribution in [3.05, 3.63) is 65.5 Å². The molecule has 2 aromatic rings. The Morgan fingerprint density at radius 1 is 1.00 bits per heavy atom. The van der Waals surface area contributed by atoms with Gasteiger partial charge in [-0.25, -0.2) is 9.59 Å². The maximum Gasteiger partial charge on any atom is 0.338 e. The predicted octanol–water partition coefficient (Wildman–Crippen LogP) is 3.81. The molecule has 1 aromatic heterocycles. The van der Waals surface area contributed by atoms with E-state index < -0.39 is 18.0 Å². The fourth-order valence-corrected chi connectivity index (χ4v) is 2.28. The van der Waals surface area contributed by atoms with Gasteiger partial charge in [-0.15, -0.1) is 0 Å². The lowest BCUT2D eigenvalue weighted by Gasteiger charge is -2.19. The van der Waals surface area contributed by atoms with Crippen LogP contribution in [-0.2, 0) is 9.47 Å². The van der Waals surface area contributed by atoms with Crippen molar-refractivity contribution < 1.29 is 19.1 Å². The summed E-state index contributed by atoms with van der Waals surface area (Å²) in [7, 11) is 1.31. The third-order valence-corrected chi connectivity index (χ3v) is 3.49. The Kier molecular flexibility index (Phi) is 6.07. The van der Waals surface area contributed by atoms with Crippen LogP contribution in [0.1, 0.15) is 52.8 Å². The van der Waals surface area contributed by atoms with Gasteiger partial charge in [-0.3, -0.25) is 4.98 Å². The molecule has 0 radical (unpaired) electrons. The van der Waals surface area contributed by atoms with E-state index in [1.54, 1.807) is 30.5 Å². The summed E-state index contributed by atoms with van der Waals surface area (Å²) in [5.41, 5.74) is 1.50. The van der Waals surface area contributed by atoms with E-state index in [0.29, 0.717) is 23.5 Å². The smallest absolute Gasteiger partial charge is 0.338 e. The summed E-state index contributed by atoms with van der Waals surface area (Å²) in [5, 5.41) is 0. The van der Waals surface area contributed by atoms with Gasteiger partial charge in [0.1, 0.15) is 6.10 Å². The SMILES string of the molecule is COC(=O)c1ccc(C(=O)O[C@@H](CC(C)C)c2ccccn2)cc1. The van der Waals surface area contributed by atoms with Crippen LogP contribution < -0.4 is 0 Å². The van der Waals surface area contributed by atoms with Gasteiger partial charge in [-0.05, 0) is 48.7 Å². The Balaban J connectivity index is 2.14. The van der Waals surface area contributed by atoms with Crippen molar-refractivity contribution in [1.29, 1.82) is 0 Å². The van der Waals surface area contributed by atoms with Gasteiger partial charge in [0.05, 0.1) is 23.9 Å². The summed E-state index contributed by atoms with van der Waals surface area (Å²) < 4.78 is 10.3. The minimum atomic E-state index is -0.443. The quantitative estimate of drug-likeness (QED) is 0.755. The number of benzene rings is 1. The molecule has 0 amide bonds. The highest BCUT2D eigenvalue weighted by molar-refractivity contribution is 5.93. The topological polar surface area (TPSA) is 65.5 Å². The van der Waals surface area contributed by atoms with Crippen molar-refractivity contribution in [2.24, 2.45) is 5.92 Å². The summed E-state index contributed by atoms with van der Waals surface area (Å²) in [6, 6.07) is 11.7. The zero-order valence-electron chi connectivity index (χ0n) is 14.1. The monoisotopic (exact) mass is 327 g/mol. The third kappa shape index (κ3) is 4.65. The molecule has 0 aliphatic carbocycles. The standard InChI is InChI=1S/C19H21NO4/c1-13(2)12-17(16-6-4-5-11-20-16)24-19(22)15-9-7-14(8-10-15)18(21)23-3/h4-11,13,17H,12H2,1-3H3/t17-/m0/s1. The van der Waals surface area contributed by atoms with Crippen LogP contribution in [0.5, 0.6) is 0 Å². The first kappa shape index (κ1) is 17.7. The highest BCUT2D eigenvalue weighted by atomic mass is 16.5. The molecule has 126 valence electrons. The number of hydrogen-bond acceptors (Lipinski definition) is 5. The van der Waals surface area contributed by atoms with Crippen molar-refractivity contribution in [1.82, 2.24) is 4.98 Å². The molecular formula is C19H21NO4. The average molecular weight is 327 g/mol. The van der Waals surface area contributed by atoms with Gasteiger partial charge in [0.15, 0.2) is 0 Å². The van der Waals surface area contributed by atoms with Crippen LogP contribution in [0.25, 0.3) is 0 Å². The average Bonchev–Trinajstić information content (AvgIpc) is 2.61. The first-order chi connectivity index (χ1) is 11.5. The second kappa shape index (κ2) is 8.24. The maximum atomic E-state index is 12.4. The molecule has 0 bridgehead atoms.